The van der Waals surface area contributed by atoms with Gasteiger partial charge in [0.1, 0.15) is 5.69 Å². The van der Waals surface area contributed by atoms with Crippen LogP contribution in [0.1, 0.15) is 28.5 Å². The summed E-state index contributed by atoms with van der Waals surface area (Å²) < 4.78 is 4.11. The molecular formula is C14H19N3S. The predicted molar refractivity (Wildman–Crippen MR) is 76.9 cm³/mol. The minimum absolute atomic E-state index is 0.844. The second kappa shape index (κ2) is 5.59. The Morgan fingerprint density at radius 1 is 1.17 bits per heavy atom. The first-order valence-corrected chi connectivity index (χ1v) is 7.01. The molecular weight excluding hydrogens is 242 g/mol. The molecule has 3 nitrogen and oxygen atoms in total. The second-order valence-corrected chi connectivity index (χ2v) is 5.44. The Morgan fingerprint density at radius 2 is 1.83 bits per heavy atom. The summed E-state index contributed by atoms with van der Waals surface area (Å²) in [5.41, 5.74) is 6.12. The van der Waals surface area contributed by atoms with E-state index in [1.165, 1.54) is 38.7 Å². The Morgan fingerprint density at radius 3 is 2.44 bits per heavy atom. The number of aryl methyl sites for hydroxylation is 3. The zero-order chi connectivity index (χ0) is 13.1. The molecule has 0 aliphatic heterocycles. The van der Waals surface area contributed by atoms with E-state index in [9.17, 15) is 0 Å². The fourth-order valence-electron chi connectivity index (χ4n) is 2.31. The molecule has 1 aromatic heterocycles. The quantitative estimate of drug-likeness (QED) is 0.918. The Bertz CT molecular complexity index is 523. The maximum absolute atomic E-state index is 4.32. The Hall–Kier alpha value is -1.26. The van der Waals surface area contributed by atoms with Crippen LogP contribution in [0.4, 0.5) is 0 Å². The molecule has 0 unspecified atom stereocenters. The van der Waals surface area contributed by atoms with E-state index in [1.54, 1.807) is 0 Å². The molecule has 0 saturated carbocycles. The SMILES string of the molecule is CCNCc1snnc1-c1c(C)cc(C)cc1C. The van der Waals surface area contributed by atoms with Crippen molar-refractivity contribution in [3.05, 3.63) is 33.7 Å². The van der Waals surface area contributed by atoms with Crippen LogP contribution in [0.2, 0.25) is 0 Å². The average molecular weight is 261 g/mol. The number of benzene rings is 1. The van der Waals surface area contributed by atoms with Crippen molar-refractivity contribution in [3.8, 4) is 11.3 Å². The summed E-state index contributed by atoms with van der Waals surface area (Å²) in [4.78, 5) is 1.21. The maximum Gasteiger partial charge on any atom is 0.110 e. The molecule has 0 bridgehead atoms. The number of nitrogens with one attached hydrogen (secondary N) is 1. The molecule has 0 atom stereocenters. The van der Waals surface area contributed by atoms with Gasteiger partial charge < -0.3 is 5.32 Å². The Labute approximate surface area is 112 Å². The van der Waals surface area contributed by atoms with Crippen molar-refractivity contribution < 1.29 is 0 Å². The first-order chi connectivity index (χ1) is 8.63. The number of hydrogen-bond acceptors (Lipinski definition) is 4. The van der Waals surface area contributed by atoms with Crippen molar-refractivity contribution in [2.45, 2.75) is 34.2 Å². The molecule has 96 valence electrons. The molecule has 4 heteroatoms. The molecule has 0 radical (unpaired) electrons. The predicted octanol–water partition coefficient (Wildman–Crippen LogP) is 3.24. The molecule has 0 saturated heterocycles. The van der Waals surface area contributed by atoms with Gasteiger partial charge in [-0.25, -0.2) is 0 Å². The third-order valence-corrected chi connectivity index (χ3v) is 3.73. The summed E-state index contributed by atoms with van der Waals surface area (Å²) in [7, 11) is 0. The maximum atomic E-state index is 4.32. The van der Waals surface area contributed by atoms with Gasteiger partial charge in [0.15, 0.2) is 0 Å². The fourth-order valence-corrected chi connectivity index (χ4v) is 2.92. The minimum Gasteiger partial charge on any atom is -0.312 e. The highest BCUT2D eigenvalue weighted by atomic mass is 32.1. The average Bonchev–Trinajstić information content (AvgIpc) is 2.73. The van der Waals surface area contributed by atoms with Crippen LogP contribution in [-0.4, -0.2) is 16.1 Å². The van der Waals surface area contributed by atoms with Crippen LogP contribution in [0.25, 0.3) is 11.3 Å². The van der Waals surface area contributed by atoms with E-state index in [0.717, 1.165) is 18.8 Å². The standard InChI is InChI=1S/C14H19N3S/c1-5-15-8-12-14(16-17-18-12)13-10(3)6-9(2)7-11(13)4/h6-7,15H,5,8H2,1-4H3. The Balaban J connectivity index is 2.46. The van der Waals surface area contributed by atoms with Crippen LogP contribution in [0.5, 0.6) is 0 Å². The van der Waals surface area contributed by atoms with Gasteiger partial charge >= 0.3 is 0 Å². The highest BCUT2D eigenvalue weighted by molar-refractivity contribution is 7.05. The molecule has 1 heterocycles. The van der Waals surface area contributed by atoms with Crippen molar-refractivity contribution in [3.63, 3.8) is 0 Å². The first-order valence-electron chi connectivity index (χ1n) is 6.23. The van der Waals surface area contributed by atoms with E-state index < -0.39 is 0 Å². The second-order valence-electron chi connectivity index (χ2n) is 4.60. The van der Waals surface area contributed by atoms with Gasteiger partial charge in [0, 0.05) is 12.1 Å². The van der Waals surface area contributed by atoms with E-state index in [-0.39, 0.29) is 0 Å². The van der Waals surface area contributed by atoms with Crippen molar-refractivity contribution in [2.75, 3.05) is 6.54 Å². The smallest absolute Gasteiger partial charge is 0.110 e. The van der Waals surface area contributed by atoms with Crippen LogP contribution >= 0.6 is 11.5 Å². The summed E-state index contributed by atoms with van der Waals surface area (Å²) in [5, 5.41) is 7.66. The van der Waals surface area contributed by atoms with Crippen molar-refractivity contribution >= 4 is 11.5 Å². The third-order valence-electron chi connectivity index (χ3n) is 3.01. The van der Waals surface area contributed by atoms with Gasteiger partial charge in [-0.2, -0.15) is 0 Å². The highest BCUT2D eigenvalue weighted by Gasteiger charge is 2.14. The summed E-state index contributed by atoms with van der Waals surface area (Å²) in [6.07, 6.45) is 0. The van der Waals surface area contributed by atoms with Crippen molar-refractivity contribution in [1.29, 1.82) is 0 Å². The lowest BCUT2D eigenvalue weighted by molar-refractivity contribution is 0.735. The minimum atomic E-state index is 0.844. The third kappa shape index (κ3) is 2.60. The van der Waals surface area contributed by atoms with Crippen LogP contribution in [0.3, 0.4) is 0 Å². The van der Waals surface area contributed by atoms with Crippen molar-refractivity contribution in [1.82, 2.24) is 14.9 Å². The molecule has 18 heavy (non-hydrogen) atoms. The molecule has 1 aromatic carbocycles. The molecule has 0 aliphatic rings. The van der Waals surface area contributed by atoms with Crippen LogP contribution in [0.15, 0.2) is 12.1 Å². The molecule has 0 amide bonds. The van der Waals surface area contributed by atoms with Crippen molar-refractivity contribution in [2.24, 2.45) is 0 Å². The van der Waals surface area contributed by atoms with E-state index in [2.05, 4.69) is 54.7 Å². The molecule has 0 aliphatic carbocycles. The number of aromatic nitrogens is 2. The van der Waals surface area contributed by atoms with Gasteiger partial charge in [-0.1, -0.05) is 29.1 Å². The van der Waals surface area contributed by atoms with E-state index >= 15 is 0 Å². The zero-order valence-corrected chi connectivity index (χ0v) is 12.2. The lowest BCUT2D eigenvalue weighted by Gasteiger charge is -2.10. The monoisotopic (exact) mass is 261 g/mol. The molecule has 2 rings (SSSR count). The summed E-state index contributed by atoms with van der Waals surface area (Å²) in [6, 6.07) is 4.41. The van der Waals surface area contributed by atoms with Crippen LogP contribution in [-0.2, 0) is 6.54 Å². The Kier molecular flexibility index (Phi) is 4.09. The van der Waals surface area contributed by atoms with E-state index in [0.29, 0.717) is 0 Å². The van der Waals surface area contributed by atoms with Gasteiger partial charge in [-0.15, -0.1) is 5.10 Å². The first kappa shape index (κ1) is 13.2. The zero-order valence-electron chi connectivity index (χ0n) is 11.4. The lowest BCUT2D eigenvalue weighted by atomic mass is 9.97. The molecule has 1 N–H and O–H groups in total. The van der Waals surface area contributed by atoms with Crippen LogP contribution < -0.4 is 5.32 Å². The summed E-state index contributed by atoms with van der Waals surface area (Å²) in [5.74, 6) is 0. The largest absolute Gasteiger partial charge is 0.312 e. The molecule has 2 aromatic rings. The van der Waals surface area contributed by atoms with Gasteiger partial charge in [-0.3, -0.25) is 0 Å². The van der Waals surface area contributed by atoms with Gasteiger partial charge in [0.2, 0.25) is 0 Å². The normalized spacial score (nSPS) is 10.9. The molecule has 0 fully saturated rings. The van der Waals surface area contributed by atoms with Gasteiger partial charge in [0.05, 0.1) is 4.88 Å². The highest BCUT2D eigenvalue weighted by Crippen LogP contribution is 2.30. The van der Waals surface area contributed by atoms with Gasteiger partial charge in [-0.05, 0) is 50.0 Å². The van der Waals surface area contributed by atoms with Gasteiger partial charge in [0.25, 0.3) is 0 Å². The summed E-state index contributed by atoms with van der Waals surface area (Å²) >= 11 is 1.48. The molecule has 0 spiro atoms. The number of rotatable bonds is 4. The van der Waals surface area contributed by atoms with E-state index in [4.69, 9.17) is 0 Å². The number of nitrogens with zero attached hydrogens (tertiary/aromatic N) is 2. The van der Waals surface area contributed by atoms with Crippen LogP contribution in [0, 0.1) is 20.8 Å². The lowest BCUT2D eigenvalue weighted by Crippen LogP contribution is -2.11. The number of hydrogen-bond donors (Lipinski definition) is 1. The van der Waals surface area contributed by atoms with E-state index in [1.807, 2.05) is 0 Å². The summed E-state index contributed by atoms with van der Waals surface area (Å²) in [6.45, 7) is 10.3. The fraction of sp³-hybridized carbons (Fsp3) is 0.429. The topological polar surface area (TPSA) is 37.8 Å².